The monoisotopic (exact) mass is 507 g/mol. The van der Waals surface area contributed by atoms with E-state index in [0.29, 0.717) is 16.5 Å². The van der Waals surface area contributed by atoms with E-state index in [0.717, 1.165) is 5.39 Å². The molecule has 3 aromatic heterocycles. The molecule has 2 aromatic carbocycles. The zero-order valence-corrected chi connectivity index (χ0v) is 20.2. The largest absolute Gasteiger partial charge is 0.464 e. The van der Waals surface area contributed by atoms with Gasteiger partial charge in [-0.15, -0.1) is 0 Å². The lowest BCUT2D eigenvalue weighted by molar-refractivity contribution is 0.0973. The van der Waals surface area contributed by atoms with Crippen LogP contribution in [0.15, 0.2) is 76.3 Å². The molecule has 0 radical (unpaired) electrons. The lowest BCUT2D eigenvalue weighted by Crippen LogP contribution is -2.37. The van der Waals surface area contributed by atoms with E-state index in [4.69, 9.17) is 4.42 Å². The van der Waals surface area contributed by atoms with Crippen LogP contribution in [0.4, 0.5) is 4.39 Å². The second-order valence-corrected chi connectivity index (χ2v) is 10.9. The number of aromatic amines is 1. The Hall–Kier alpha value is -4.18. The molecule has 0 aliphatic heterocycles. The minimum absolute atomic E-state index is 0.0927. The second-order valence-electron chi connectivity index (χ2n) is 8.64. The minimum atomic E-state index is -4.02. The van der Waals surface area contributed by atoms with E-state index in [-0.39, 0.29) is 28.9 Å². The van der Waals surface area contributed by atoms with Crippen LogP contribution < -0.4 is 10.3 Å². The smallest absolute Gasteiger partial charge is 0.282 e. The Morgan fingerprint density at radius 2 is 1.89 bits per heavy atom. The summed E-state index contributed by atoms with van der Waals surface area (Å²) in [4.78, 5) is 29.2. The Morgan fingerprint density at radius 3 is 2.61 bits per heavy atom. The van der Waals surface area contributed by atoms with Crippen LogP contribution in [0.3, 0.4) is 0 Å². The molecule has 0 aliphatic carbocycles. The molecular formula is C26H22FN3O5S. The molecule has 5 aromatic rings. The topological polar surface area (TPSA) is 114 Å². The van der Waals surface area contributed by atoms with E-state index in [1.807, 2.05) is 0 Å². The summed E-state index contributed by atoms with van der Waals surface area (Å²) in [6, 6.07) is 14.5. The maximum Gasteiger partial charge on any atom is 0.282 e. The fraction of sp³-hybridized carbons (Fsp3) is 0.154. The number of H-pyrrole nitrogens is 1. The summed E-state index contributed by atoms with van der Waals surface area (Å²) in [7, 11) is -4.02. The van der Waals surface area contributed by atoms with Crippen LogP contribution in [0, 0.1) is 5.82 Å². The molecule has 0 unspecified atom stereocenters. The van der Waals surface area contributed by atoms with Crippen molar-refractivity contribution in [3.63, 3.8) is 0 Å². The molecule has 0 aliphatic rings. The number of sulfonamides is 1. The van der Waals surface area contributed by atoms with Crippen LogP contribution in [0.5, 0.6) is 0 Å². The van der Waals surface area contributed by atoms with Crippen molar-refractivity contribution in [3.05, 3.63) is 94.5 Å². The third-order valence-corrected chi connectivity index (χ3v) is 7.80. The Balaban J connectivity index is 1.91. The molecule has 184 valence electrons. The lowest BCUT2D eigenvalue weighted by Gasteiger charge is -2.14. The number of carbonyl (C=O) groups is 1. The third-order valence-electron chi connectivity index (χ3n) is 6.09. The molecule has 0 fully saturated rings. The van der Waals surface area contributed by atoms with E-state index in [1.54, 1.807) is 42.5 Å². The molecule has 0 spiro atoms. The summed E-state index contributed by atoms with van der Waals surface area (Å²) in [5, 5.41) is 0.282. The highest BCUT2D eigenvalue weighted by atomic mass is 32.2. The number of furan rings is 1. The number of carbonyl (C=O) groups excluding carboxylic acids is 1. The number of halogens is 1. The van der Waals surface area contributed by atoms with Crippen molar-refractivity contribution in [2.24, 2.45) is 0 Å². The van der Waals surface area contributed by atoms with Gasteiger partial charge in [-0.1, -0.05) is 18.2 Å². The summed E-state index contributed by atoms with van der Waals surface area (Å²) in [6.07, 6.45) is 2.94. The number of amides is 1. The number of hydrogen-bond acceptors (Lipinski definition) is 5. The summed E-state index contributed by atoms with van der Waals surface area (Å²) < 4.78 is 49.4. The maximum absolute atomic E-state index is 14.7. The molecule has 0 saturated carbocycles. The van der Waals surface area contributed by atoms with Crippen molar-refractivity contribution in [2.45, 2.75) is 25.6 Å². The molecule has 1 amide bonds. The van der Waals surface area contributed by atoms with Crippen LogP contribution in [-0.2, 0) is 16.6 Å². The molecule has 2 N–H and O–H groups in total. The van der Waals surface area contributed by atoms with Crippen molar-refractivity contribution in [1.82, 2.24) is 14.3 Å². The molecule has 0 bridgehead atoms. The predicted octanol–water partition coefficient (Wildman–Crippen LogP) is 4.40. The average Bonchev–Trinajstić information content (AvgIpc) is 3.43. The van der Waals surface area contributed by atoms with Crippen molar-refractivity contribution >= 4 is 37.8 Å². The Bertz CT molecular complexity index is 1800. The number of aromatic nitrogens is 2. The minimum Gasteiger partial charge on any atom is -0.464 e. The average molecular weight is 508 g/mol. The molecule has 8 nitrogen and oxygen atoms in total. The quantitative estimate of drug-likeness (QED) is 0.354. The van der Waals surface area contributed by atoms with Crippen LogP contribution in [0.25, 0.3) is 33.0 Å². The summed E-state index contributed by atoms with van der Waals surface area (Å²) >= 11 is 0. The van der Waals surface area contributed by atoms with E-state index < -0.39 is 32.6 Å². The first-order valence-electron chi connectivity index (χ1n) is 11.2. The van der Waals surface area contributed by atoms with Gasteiger partial charge in [0.25, 0.3) is 11.5 Å². The zero-order chi connectivity index (χ0) is 25.6. The number of nitrogens with one attached hydrogen (secondary N) is 2. The van der Waals surface area contributed by atoms with Gasteiger partial charge >= 0.3 is 0 Å². The first kappa shape index (κ1) is 23.6. The van der Waals surface area contributed by atoms with Crippen molar-refractivity contribution in [2.75, 3.05) is 0 Å². The number of nitrogens with zero attached hydrogens (tertiary/aromatic N) is 1. The molecular weight excluding hydrogens is 485 g/mol. The van der Waals surface area contributed by atoms with Gasteiger partial charge in [0.15, 0.2) is 0 Å². The van der Waals surface area contributed by atoms with E-state index in [2.05, 4.69) is 9.71 Å². The predicted molar refractivity (Wildman–Crippen MR) is 135 cm³/mol. The van der Waals surface area contributed by atoms with Gasteiger partial charge < -0.3 is 14.0 Å². The number of benzene rings is 2. The second kappa shape index (κ2) is 8.80. The number of pyridine rings is 1. The Labute approximate surface area is 205 Å². The number of hydrogen-bond donors (Lipinski definition) is 2. The molecule has 5 rings (SSSR count). The fourth-order valence-electron chi connectivity index (χ4n) is 4.24. The molecule has 0 saturated heterocycles. The van der Waals surface area contributed by atoms with Crippen molar-refractivity contribution in [1.29, 1.82) is 0 Å². The molecule has 3 heterocycles. The first-order valence-corrected chi connectivity index (χ1v) is 12.7. The van der Waals surface area contributed by atoms with Crippen LogP contribution in [-0.4, -0.2) is 29.1 Å². The number of rotatable bonds is 6. The lowest BCUT2D eigenvalue weighted by atomic mass is 10.0. The number of fused-ring (bicyclic) bond motifs is 3. The highest BCUT2D eigenvalue weighted by molar-refractivity contribution is 7.90. The SMILES string of the molecule is CC(C)S(=O)(=O)NC(=O)c1c(-c2ccc[nH]c2=O)c2c3occc3ccc2n1Cc1ccccc1F. The third kappa shape index (κ3) is 3.89. The zero-order valence-electron chi connectivity index (χ0n) is 19.4. The first-order chi connectivity index (χ1) is 17.2. The van der Waals surface area contributed by atoms with E-state index in [1.165, 1.54) is 43.0 Å². The summed E-state index contributed by atoms with van der Waals surface area (Å²) in [6.45, 7) is 2.80. The van der Waals surface area contributed by atoms with Gasteiger partial charge in [-0.25, -0.2) is 17.5 Å². The van der Waals surface area contributed by atoms with Gasteiger partial charge in [0.2, 0.25) is 10.0 Å². The Kier molecular flexibility index (Phi) is 5.76. The van der Waals surface area contributed by atoms with Crippen LogP contribution >= 0.6 is 0 Å². The van der Waals surface area contributed by atoms with Gasteiger partial charge in [0, 0.05) is 22.7 Å². The van der Waals surface area contributed by atoms with Gasteiger partial charge in [-0.3, -0.25) is 9.59 Å². The van der Waals surface area contributed by atoms with Gasteiger partial charge in [-0.2, -0.15) is 0 Å². The maximum atomic E-state index is 14.7. The fourth-order valence-corrected chi connectivity index (χ4v) is 4.83. The summed E-state index contributed by atoms with van der Waals surface area (Å²) in [5.74, 6) is -1.42. The van der Waals surface area contributed by atoms with Crippen LogP contribution in [0.1, 0.15) is 29.9 Å². The van der Waals surface area contributed by atoms with Gasteiger partial charge in [-0.05, 0) is 50.2 Å². The van der Waals surface area contributed by atoms with E-state index in [9.17, 15) is 22.4 Å². The van der Waals surface area contributed by atoms with Crippen molar-refractivity contribution in [3.8, 4) is 11.1 Å². The van der Waals surface area contributed by atoms with Gasteiger partial charge in [0.1, 0.15) is 17.1 Å². The standard InChI is InChI=1S/C26H22FN3O5S/c1-15(2)36(33,34)29-26(32)23-21(18-7-5-12-28-25(18)31)22-20(10-9-16-11-13-35-24(16)22)30(23)14-17-6-3-4-8-19(17)27/h3-13,15H,14H2,1-2H3,(H,28,31)(H,29,32). The normalized spacial score (nSPS) is 12.0. The van der Waals surface area contributed by atoms with E-state index >= 15 is 0 Å². The Morgan fingerprint density at radius 1 is 1.11 bits per heavy atom. The summed E-state index contributed by atoms with van der Waals surface area (Å²) in [5.41, 5.74) is 0.934. The highest BCUT2D eigenvalue weighted by Crippen LogP contribution is 2.39. The van der Waals surface area contributed by atoms with Crippen molar-refractivity contribution < 1.29 is 22.0 Å². The van der Waals surface area contributed by atoms with Crippen LogP contribution in [0.2, 0.25) is 0 Å². The highest BCUT2D eigenvalue weighted by Gasteiger charge is 2.30. The molecule has 36 heavy (non-hydrogen) atoms. The molecule has 0 atom stereocenters. The molecule has 10 heteroatoms. The van der Waals surface area contributed by atoms with Gasteiger partial charge in [0.05, 0.1) is 34.5 Å².